The molecule has 0 bridgehead atoms. The molecule has 1 aromatic carbocycles. The number of hydrogen-bond acceptors (Lipinski definition) is 4. The average Bonchev–Trinajstić information content (AvgIpc) is 3.43. The summed E-state index contributed by atoms with van der Waals surface area (Å²) >= 11 is 0. The Kier molecular flexibility index (Phi) is 5.26. The standard InChI is InChI=1S/C21H23NO4/c1-14-11-17(15(2)22(14)19-8-9-19)7-10-20(23)26-13-16-5-4-6-18(12-16)21(24)25-3/h4-7,10-12,19H,8-9,13H2,1-3H3/b10-7+. The first kappa shape index (κ1) is 18.0. The molecule has 1 aromatic heterocycles. The van der Waals surface area contributed by atoms with Gasteiger partial charge in [-0.2, -0.15) is 0 Å². The lowest BCUT2D eigenvalue weighted by molar-refractivity contribution is -0.138. The van der Waals surface area contributed by atoms with Gasteiger partial charge < -0.3 is 14.0 Å². The Labute approximate surface area is 153 Å². The fourth-order valence-electron chi connectivity index (χ4n) is 3.13. The number of aryl methyl sites for hydroxylation is 1. The molecular formula is C21H23NO4. The Hall–Kier alpha value is -2.82. The van der Waals surface area contributed by atoms with Gasteiger partial charge in [-0.15, -0.1) is 0 Å². The summed E-state index contributed by atoms with van der Waals surface area (Å²) in [6.07, 6.45) is 5.70. The molecule has 0 radical (unpaired) electrons. The lowest BCUT2D eigenvalue weighted by atomic mass is 10.1. The molecule has 1 heterocycles. The Morgan fingerprint density at radius 1 is 1.23 bits per heavy atom. The van der Waals surface area contributed by atoms with E-state index in [9.17, 15) is 9.59 Å². The normalized spacial score (nSPS) is 13.8. The Morgan fingerprint density at radius 2 is 2.00 bits per heavy atom. The van der Waals surface area contributed by atoms with Crippen molar-refractivity contribution in [3.63, 3.8) is 0 Å². The number of carbonyl (C=O) groups excluding carboxylic acids is 2. The third-order valence-corrected chi connectivity index (χ3v) is 4.56. The van der Waals surface area contributed by atoms with Crippen molar-refractivity contribution in [1.29, 1.82) is 0 Å². The van der Waals surface area contributed by atoms with Gasteiger partial charge in [0.25, 0.3) is 0 Å². The second kappa shape index (κ2) is 7.60. The number of nitrogens with zero attached hydrogens (tertiary/aromatic N) is 1. The van der Waals surface area contributed by atoms with Gasteiger partial charge >= 0.3 is 11.9 Å². The van der Waals surface area contributed by atoms with E-state index in [1.165, 1.54) is 37.4 Å². The monoisotopic (exact) mass is 353 g/mol. The highest BCUT2D eigenvalue weighted by molar-refractivity contribution is 5.89. The van der Waals surface area contributed by atoms with E-state index in [4.69, 9.17) is 4.74 Å². The lowest BCUT2D eigenvalue weighted by Gasteiger charge is -2.06. The third kappa shape index (κ3) is 4.04. The molecule has 0 saturated heterocycles. The van der Waals surface area contributed by atoms with Gasteiger partial charge in [-0.05, 0) is 62.1 Å². The van der Waals surface area contributed by atoms with Crippen LogP contribution in [0.3, 0.4) is 0 Å². The highest BCUT2D eigenvalue weighted by Crippen LogP contribution is 2.38. The maximum atomic E-state index is 12.0. The van der Waals surface area contributed by atoms with Crippen LogP contribution in [0, 0.1) is 13.8 Å². The fourth-order valence-corrected chi connectivity index (χ4v) is 3.13. The largest absolute Gasteiger partial charge is 0.465 e. The topological polar surface area (TPSA) is 57.5 Å². The van der Waals surface area contributed by atoms with Crippen LogP contribution < -0.4 is 0 Å². The van der Waals surface area contributed by atoms with Crippen molar-refractivity contribution < 1.29 is 19.1 Å². The van der Waals surface area contributed by atoms with E-state index in [2.05, 4.69) is 29.2 Å². The van der Waals surface area contributed by atoms with Crippen LogP contribution >= 0.6 is 0 Å². The van der Waals surface area contributed by atoms with Gasteiger partial charge in [0.05, 0.1) is 12.7 Å². The van der Waals surface area contributed by atoms with Crippen LogP contribution in [0.15, 0.2) is 36.4 Å². The van der Waals surface area contributed by atoms with Gasteiger partial charge in [-0.25, -0.2) is 9.59 Å². The van der Waals surface area contributed by atoms with E-state index in [-0.39, 0.29) is 6.61 Å². The van der Waals surface area contributed by atoms with Crippen LogP contribution in [0.2, 0.25) is 0 Å². The minimum atomic E-state index is -0.413. The molecule has 0 spiro atoms. The predicted octanol–water partition coefficient (Wildman–Crippen LogP) is 3.98. The summed E-state index contributed by atoms with van der Waals surface area (Å²) in [5.41, 5.74) is 4.61. The Balaban J connectivity index is 1.60. The maximum Gasteiger partial charge on any atom is 0.337 e. The van der Waals surface area contributed by atoms with Crippen molar-refractivity contribution in [3.05, 3.63) is 64.5 Å². The molecular weight excluding hydrogens is 330 g/mol. The van der Waals surface area contributed by atoms with E-state index in [0.717, 1.165) is 11.1 Å². The molecule has 5 nitrogen and oxygen atoms in total. The smallest absolute Gasteiger partial charge is 0.337 e. The van der Waals surface area contributed by atoms with Gasteiger partial charge in [0, 0.05) is 23.5 Å². The first-order valence-corrected chi connectivity index (χ1v) is 8.70. The molecule has 1 aliphatic rings. The molecule has 0 unspecified atom stereocenters. The highest BCUT2D eigenvalue weighted by atomic mass is 16.5. The van der Waals surface area contributed by atoms with Crippen molar-refractivity contribution in [3.8, 4) is 0 Å². The van der Waals surface area contributed by atoms with Gasteiger partial charge in [0.2, 0.25) is 0 Å². The van der Waals surface area contributed by atoms with Gasteiger partial charge in [0.1, 0.15) is 6.61 Å². The van der Waals surface area contributed by atoms with Gasteiger partial charge in [-0.3, -0.25) is 0 Å². The predicted molar refractivity (Wildman–Crippen MR) is 98.8 cm³/mol. The number of carbonyl (C=O) groups is 2. The summed E-state index contributed by atoms with van der Waals surface area (Å²) < 4.78 is 12.3. The summed E-state index contributed by atoms with van der Waals surface area (Å²) in [5.74, 6) is -0.825. The molecule has 2 aromatic rings. The van der Waals surface area contributed by atoms with Crippen molar-refractivity contribution >= 4 is 18.0 Å². The van der Waals surface area contributed by atoms with Crippen LogP contribution in [0.1, 0.15) is 51.8 Å². The maximum absolute atomic E-state index is 12.0. The van der Waals surface area contributed by atoms with Crippen LogP contribution in [-0.2, 0) is 20.9 Å². The number of aromatic nitrogens is 1. The molecule has 0 aliphatic heterocycles. The summed E-state index contributed by atoms with van der Waals surface area (Å²) in [6, 6.07) is 9.56. The zero-order valence-corrected chi connectivity index (χ0v) is 15.3. The first-order valence-electron chi connectivity index (χ1n) is 8.70. The van der Waals surface area contributed by atoms with Crippen molar-refractivity contribution in [2.45, 2.75) is 39.3 Å². The molecule has 0 N–H and O–H groups in total. The van der Waals surface area contributed by atoms with E-state index >= 15 is 0 Å². The second-order valence-electron chi connectivity index (χ2n) is 6.56. The Bertz CT molecular complexity index is 859. The van der Waals surface area contributed by atoms with Crippen LogP contribution in [-0.4, -0.2) is 23.6 Å². The molecule has 0 amide bonds. The molecule has 1 saturated carbocycles. The summed E-state index contributed by atoms with van der Waals surface area (Å²) in [6.45, 7) is 4.28. The average molecular weight is 353 g/mol. The van der Waals surface area contributed by atoms with Crippen molar-refractivity contribution in [2.75, 3.05) is 7.11 Å². The molecule has 0 atom stereocenters. The number of rotatable bonds is 6. The zero-order chi connectivity index (χ0) is 18.7. The zero-order valence-electron chi connectivity index (χ0n) is 15.3. The number of benzene rings is 1. The van der Waals surface area contributed by atoms with Crippen molar-refractivity contribution in [2.24, 2.45) is 0 Å². The van der Waals surface area contributed by atoms with E-state index in [1.807, 2.05) is 0 Å². The third-order valence-electron chi connectivity index (χ3n) is 4.56. The van der Waals surface area contributed by atoms with E-state index in [1.54, 1.807) is 30.3 Å². The Morgan fingerprint density at radius 3 is 2.69 bits per heavy atom. The number of ether oxygens (including phenoxy) is 2. The lowest BCUT2D eigenvalue weighted by Crippen LogP contribution is -2.04. The molecule has 136 valence electrons. The van der Waals surface area contributed by atoms with Crippen LogP contribution in [0.4, 0.5) is 0 Å². The van der Waals surface area contributed by atoms with E-state index in [0.29, 0.717) is 11.6 Å². The minimum Gasteiger partial charge on any atom is -0.465 e. The highest BCUT2D eigenvalue weighted by Gasteiger charge is 2.26. The van der Waals surface area contributed by atoms with Crippen LogP contribution in [0.5, 0.6) is 0 Å². The molecule has 1 aliphatic carbocycles. The fraction of sp³-hybridized carbons (Fsp3) is 0.333. The van der Waals surface area contributed by atoms with Gasteiger partial charge in [-0.1, -0.05) is 12.1 Å². The molecule has 5 heteroatoms. The molecule has 26 heavy (non-hydrogen) atoms. The quantitative estimate of drug-likeness (QED) is 0.582. The first-order chi connectivity index (χ1) is 12.5. The molecule has 1 fully saturated rings. The second-order valence-corrected chi connectivity index (χ2v) is 6.56. The van der Waals surface area contributed by atoms with E-state index < -0.39 is 11.9 Å². The van der Waals surface area contributed by atoms with Crippen LogP contribution in [0.25, 0.3) is 6.08 Å². The SMILES string of the molecule is COC(=O)c1cccc(COC(=O)/C=C/c2cc(C)n(C3CC3)c2C)c1. The summed E-state index contributed by atoms with van der Waals surface area (Å²) in [4.78, 5) is 23.5. The van der Waals surface area contributed by atoms with Crippen molar-refractivity contribution in [1.82, 2.24) is 4.57 Å². The number of esters is 2. The summed E-state index contributed by atoms with van der Waals surface area (Å²) in [7, 11) is 1.33. The van der Waals surface area contributed by atoms with Gasteiger partial charge in [0.15, 0.2) is 0 Å². The minimum absolute atomic E-state index is 0.106. The summed E-state index contributed by atoms with van der Waals surface area (Å²) in [5, 5.41) is 0. The number of hydrogen-bond donors (Lipinski definition) is 0. The molecule has 3 rings (SSSR count). The number of methoxy groups -OCH3 is 1.